The SMILES string of the molecule is CC1CNCC(C)N1C(=O)OCc1cc(OCc2ccc(F)c(F)c2)ccc1F. The molecule has 5 nitrogen and oxygen atoms in total. The van der Waals surface area contributed by atoms with Gasteiger partial charge in [-0.05, 0) is 49.7 Å². The summed E-state index contributed by atoms with van der Waals surface area (Å²) >= 11 is 0. The second kappa shape index (κ2) is 9.17. The summed E-state index contributed by atoms with van der Waals surface area (Å²) in [6.45, 7) is 4.91. The second-order valence-corrected chi connectivity index (χ2v) is 7.11. The zero-order valence-electron chi connectivity index (χ0n) is 16.3. The van der Waals surface area contributed by atoms with Crippen LogP contribution in [0.5, 0.6) is 5.75 Å². The zero-order chi connectivity index (χ0) is 21.0. The number of carbonyl (C=O) groups is 1. The van der Waals surface area contributed by atoms with E-state index < -0.39 is 23.5 Å². The van der Waals surface area contributed by atoms with Gasteiger partial charge in [-0.2, -0.15) is 0 Å². The maximum Gasteiger partial charge on any atom is 0.410 e. The Morgan fingerprint density at radius 2 is 1.69 bits per heavy atom. The lowest BCUT2D eigenvalue weighted by Crippen LogP contribution is -2.57. The molecule has 8 heteroatoms. The van der Waals surface area contributed by atoms with Gasteiger partial charge in [0.25, 0.3) is 0 Å². The molecular weight excluding hydrogens is 385 g/mol. The molecule has 2 aromatic rings. The fraction of sp³-hybridized carbons (Fsp3) is 0.381. The van der Waals surface area contributed by atoms with Crippen molar-refractivity contribution >= 4 is 6.09 Å². The summed E-state index contributed by atoms with van der Waals surface area (Å²) in [5.74, 6) is -2.10. The van der Waals surface area contributed by atoms with Crippen LogP contribution in [0.4, 0.5) is 18.0 Å². The van der Waals surface area contributed by atoms with Gasteiger partial charge in [0.05, 0.1) is 0 Å². The normalized spacial score (nSPS) is 19.1. The predicted molar refractivity (Wildman–Crippen MR) is 101 cm³/mol. The molecule has 29 heavy (non-hydrogen) atoms. The smallest absolute Gasteiger partial charge is 0.410 e. The lowest BCUT2D eigenvalue weighted by Gasteiger charge is -2.38. The second-order valence-electron chi connectivity index (χ2n) is 7.11. The molecule has 3 rings (SSSR count). The van der Waals surface area contributed by atoms with E-state index in [4.69, 9.17) is 9.47 Å². The number of halogens is 3. The number of nitrogens with zero attached hydrogens (tertiary/aromatic N) is 1. The molecule has 1 aliphatic rings. The number of nitrogens with one attached hydrogen (secondary N) is 1. The third kappa shape index (κ3) is 5.20. The molecule has 156 valence electrons. The maximum atomic E-state index is 14.1. The van der Waals surface area contributed by atoms with Crippen molar-refractivity contribution < 1.29 is 27.4 Å². The Labute approximate surface area is 167 Å². The van der Waals surface area contributed by atoms with Gasteiger partial charge < -0.3 is 19.7 Å². The molecule has 2 aromatic carbocycles. The van der Waals surface area contributed by atoms with Gasteiger partial charge >= 0.3 is 6.09 Å². The number of amides is 1. The number of carbonyl (C=O) groups excluding carboxylic acids is 1. The quantitative estimate of drug-likeness (QED) is 0.813. The van der Waals surface area contributed by atoms with Crippen molar-refractivity contribution in [3.63, 3.8) is 0 Å². The third-order valence-corrected chi connectivity index (χ3v) is 4.80. The monoisotopic (exact) mass is 408 g/mol. The Kier molecular flexibility index (Phi) is 6.64. The first kappa shape index (κ1) is 21.0. The van der Waals surface area contributed by atoms with Crippen LogP contribution in [-0.2, 0) is 18.0 Å². The molecule has 0 bridgehead atoms. The Bertz CT molecular complexity index is 868. The van der Waals surface area contributed by atoms with E-state index >= 15 is 0 Å². The molecule has 1 N–H and O–H groups in total. The van der Waals surface area contributed by atoms with E-state index in [1.807, 2.05) is 13.8 Å². The maximum absolute atomic E-state index is 14.1. The van der Waals surface area contributed by atoms with Crippen LogP contribution in [0.25, 0.3) is 0 Å². The van der Waals surface area contributed by atoms with Crippen LogP contribution in [-0.4, -0.2) is 36.2 Å². The fourth-order valence-corrected chi connectivity index (χ4v) is 3.25. The minimum Gasteiger partial charge on any atom is -0.489 e. The Morgan fingerprint density at radius 1 is 1.00 bits per heavy atom. The van der Waals surface area contributed by atoms with Crippen LogP contribution in [0.3, 0.4) is 0 Å². The van der Waals surface area contributed by atoms with Crippen LogP contribution in [0.2, 0.25) is 0 Å². The van der Waals surface area contributed by atoms with Gasteiger partial charge in [-0.3, -0.25) is 0 Å². The molecule has 0 aliphatic carbocycles. The molecule has 0 saturated carbocycles. The van der Waals surface area contributed by atoms with E-state index in [1.165, 1.54) is 24.3 Å². The van der Waals surface area contributed by atoms with Gasteiger partial charge in [0.1, 0.15) is 24.8 Å². The number of piperazine rings is 1. The van der Waals surface area contributed by atoms with Crippen molar-refractivity contribution in [1.29, 1.82) is 0 Å². The van der Waals surface area contributed by atoms with Crippen molar-refractivity contribution in [3.8, 4) is 5.75 Å². The lowest BCUT2D eigenvalue weighted by molar-refractivity contribution is 0.0557. The van der Waals surface area contributed by atoms with E-state index in [9.17, 15) is 18.0 Å². The van der Waals surface area contributed by atoms with Crippen LogP contribution in [0.15, 0.2) is 36.4 Å². The first-order valence-corrected chi connectivity index (χ1v) is 9.36. The van der Waals surface area contributed by atoms with Crippen molar-refractivity contribution in [1.82, 2.24) is 10.2 Å². The fourth-order valence-electron chi connectivity index (χ4n) is 3.25. The number of hydrogen-bond acceptors (Lipinski definition) is 4. The van der Waals surface area contributed by atoms with Crippen LogP contribution < -0.4 is 10.1 Å². The van der Waals surface area contributed by atoms with E-state index in [-0.39, 0.29) is 30.9 Å². The lowest BCUT2D eigenvalue weighted by atomic mass is 10.1. The van der Waals surface area contributed by atoms with E-state index in [1.54, 1.807) is 4.90 Å². The summed E-state index contributed by atoms with van der Waals surface area (Å²) in [5.41, 5.74) is 0.597. The molecule has 1 amide bonds. The average molecular weight is 408 g/mol. The Balaban J connectivity index is 1.61. The molecule has 2 unspecified atom stereocenters. The third-order valence-electron chi connectivity index (χ3n) is 4.80. The highest BCUT2D eigenvalue weighted by Crippen LogP contribution is 2.21. The first-order chi connectivity index (χ1) is 13.8. The van der Waals surface area contributed by atoms with Gasteiger partial charge in [0.15, 0.2) is 11.6 Å². The molecule has 0 aromatic heterocycles. The Morgan fingerprint density at radius 3 is 2.38 bits per heavy atom. The number of rotatable bonds is 5. The van der Waals surface area contributed by atoms with Gasteiger partial charge in [0, 0.05) is 30.7 Å². The minimum absolute atomic E-state index is 0.0160. The largest absolute Gasteiger partial charge is 0.489 e. The van der Waals surface area contributed by atoms with Crippen molar-refractivity contribution in [2.24, 2.45) is 0 Å². The molecule has 1 fully saturated rings. The molecule has 1 heterocycles. The van der Waals surface area contributed by atoms with Crippen LogP contribution in [0.1, 0.15) is 25.0 Å². The van der Waals surface area contributed by atoms with Crippen LogP contribution in [0, 0.1) is 17.5 Å². The van der Waals surface area contributed by atoms with Gasteiger partial charge in [-0.1, -0.05) is 6.07 Å². The topological polar surface area (TPSA) is 50.8 Å². The summed E-state index contributed by atoms with van der Waals surface area (Å²) in [7, 11) is 0. The summed E-state index contributed by atoms with van der Waals surface area (Å²) in [5, 5.41) is 3.22. The zero-order valence-corrected chi connectivity index (χ0v) is 16.3. The van der Waals surface area contributed by atoms with Crippen LogP contribution >= 0.6 is 0 Å². The highest BCUT2D eigenvalue weighted by atomic mass is 19.2. The highest BCUT2D eigenvalue weighted by molar-refractivity contribution is 5.68. The molecule has 0 radical (unpaired) electrons. The number of hydrogen-bond donors (Lipinski definition) is 1. The molecule has 2 atom stereocenters. The Hall–Kier alpha value is -2.74. The molecular formula is C21H23F3N2O3. The summed E-state index contributed by atoms with van der Waals surface area (Å²) in [4.78, 5) is 14.1. The van der Waals surface area contributed by atoms with Crippen molar-refractivity contribution in [3.05, 3.63) is 65.0 Å². The number of ether oxygens (including phenoxy) is 2. The first-order valence-electron chi connectivity index (χ1n) is 9.36. The van der Waals surface area contributed by atoms with E-state index in [2.05, 4.69) is 5.32 Å². The standard InChI is InChI=1S/C21H23F3N2O3/c1-13-9-25-10-14(2)26(13)21(27)29-12-16-8-17(4-6-18(16)22)28-11-15-3-5-19(23)20(24)7-15/h3-8,13-14,25H,9-12H2,1-2H3. The minimum atomic E-state index is -0.964. The molecule has 1 saturated heterocycles. The molecule has 1 aliphatic heterocycles. The van der Waals surface area contributed by atoms with Gasteiger partial charge in [0.2, 0.25) is 0 Å². The van der Waals surface area contributed by atoms with Crippen molar-refractivity contribution in [2.45, 2.75) is 39.1 Å². The summed E-state index contributed by atoms with van der Waals surface area (Å²) in [6.07, 6.45) is -0.501. The van der Waals surface area contributed by atoms with E-state index in [0.717, 1.165) is 12.1 Å². The number of benzene rings is 2. The predicted octanol–water partition coefficient (Wildman–Crippen LogP) is 4.00. The van der Waals surface area contributed by atoms with Crippen molar-refractivity contribution in [2.75, 3.05) is 13.1 Å². The van der Waals surface area contributed by atoms with Gasteiger partial charge in [-0.25, -0.2) is 18.0 Å². The average Bonchev–Trinajstić information content (AvgIpc) is 2.68. The molecule has 0 spiro atoms. The van der Waals surface area contributed by atoms with Gasteiger partial charge in [-0.15, -0.1) is 0 Å². The van der Waals surface area contributed by atoms with E-state index in [0.29, 0.717) is 24.4 Å². The highest BCUT2D eigenvalue weighted by Gasteiger charge is 2.30. The summed E-state index contributed by atoms with van der Waals surface area (Å²) in [6, 6.07) is 7.46. The summed E-state index contributed by atoms with van der Waals surface area (Å²) < 4.78 is 51.2.